The molecule has 3 aromatic rings. The van der Waals surface area contributed by atoms with Gasteiger partial charge in [-0.2, -0.15) is 0 Å². The molecule has 7 heteroatoms. The van der Waals surface area contributed by atoms with Gasteiger partial charge in [-0.1, -0.05) is 6.07 Å². The number of rotatable bonds is 4. The lowest BCUT2D eigenvalue weighted by Crippen LogP contribution is -2.42. The van der Waals surface area contributed by atoms with Gasteiger partial charge in [0.25, 0.3) is 0 Å². The fourth-order valence-electron chi connectivity index (χ4n) is 3.64. The van der Waals surface area contributed by atoms with E-state index in [0.29, 0.717) is 31.0 Å². The third-order valence-electron chi connectivity index (χ3n) is 5.06. The lowest BCUT2D eigenvalue weighted by Gasteiger charge is -2.37. The Labute approximate surface area is 157 Å². The number of hydrogen-bond acceptors (Lipinski definition) is 7. The van der Waals surface area contributed by atoms with Gasteiger partial charge in [0.1, 0.15) is 12.1 Å². The summed E-state index contributed by atoms with van der Waals surface area (Å²) >= 11 is 0. The van der Waals surface area contributed by atoms with Crippen molar-refractivity contribution in [2.45, 2.75) is 18.4 Å². The predicted octanol–water partition coefficient (Wildman–Crippen LogP) is 2.40. The number of aromatic nitrogens is 3. The lowest BCUT2D eigenvalue weighted by atomic mass is 9.91. The molecule has 0 spiro atoms. The van der Waals surface area contributed by atoms with E-state index < -0.39 is 6.10 Å². The van der Waals surface area contributed by atoms with E-state index in [2.05, 4.69) is 19.9 Å². The number of anilines is 1. The van der Waals surface area contributed by atoms with Crippen molar-refractivity contribution < 1.29 is 14.6 Å². The van der Waals surface area contributed by atoms with Gasteiger partial charge >= 0.3 is 0 Å². The van der Waals surface area contributed by atoms with Crippen molar-refractivity contribution in [3.05, 3.63) is 48.5 Å². The van der Waals surface area contributed by atoms with Crippen LogP contribution in [0.5, 0.6) is 11.5 Å². The Kier molecular flexibility index (Phi) is 4.77. The zero-order valence-corrected chi connectivity index (χ0v) is 15.4. The molecule has 1 fully saturated rings. The topological polar surface area (TPSA) is 80.6 Å². The molecule has 1 N–H and O–H groups in total. The van der Waals surface area contributed by atoms with Crippen molar-refractivity contribution in [2.24, 2.45) is 0 Å². The van der Waals surface area contributed by atoms with Gasteiger partial charge in [-0.15, -0.1) is 0 Å². The molecule has 1 aliphatic heterocycles. The number of fused-ring (bicyclic) bond motifs is 1. The molecule has 0 amide bonds. The number of pyridine rings is 1. The van der Waals surface area contributed by atoms with Crippen LogP contribution in [0.2, 0.25) is 0 Å². The minimum absolute atomic E-state index is 0.0647. The summed E-state index contributed by atoms with van der Waals surface area (Å²) in [5, 5.41) is 11.4. The fraction of sp³-hybridized carbons (Fsp3) is 0.350. The first-order valence-electron chi connectivity index (χ1n) is 8.92. The molecule has 7 nitrogen and oxygen atoms in total. The molecule has 27 heavy (non-hydrogen) atoms. The Bertz CT molecular complexity index is 935. The van der Waals surface area contributed by atoms with E-state index in [0.717, 1.165) is 22.4 Å². The number of hydrogen-bond donors (Lipinski definition) is 1. The Hall–Kier alpha value is -2.93. The lowest BCUT2D eigenvalue weighted by molar-refractivity contribution is 0.121. The van der Waals surface area contributed by atoms with Gasteiger partial charge in [0.05, 0.1) is 25.8 Å². The van der Waals surface area contributed by atoms with Crippen LogP contribution in [0.25, 0.3) is 10.9 Å². The average molecular weight is 366 g/mol. The van der Waals surface area contributed by atoms with E-state index >= 15 is 0 Å². The summed E-state index contributed by atoms with van der Waals surface area (Å²) in [6, 6.07) is 9.56. The normalized spacial score (nSPS) is 19.9. The highest BCUT2D eigenvalue weighted by atomic mass is 16.5. The van der Waals surface area contributed by atoms with Crippen LogP contribution in [0.15, 0.2) is 42.9 Å². The minimum atomic E-state index is -0.418. The molecule has 2 unspecified atom stereocenters. The second-order valence-corrected chi connectivity index (χ2v) is 6.58. The van der Waals surface area contributed by atoms with Crippen molar-refractivity contribution >= 4 is 16.7 Å². The van der Waals surface area contributed by atoms with Crippen molar-refractivity contribution in [2.75, 3.05) is 32.2 Å². The number of piperidine rings is 1. The number of aliphatic hydroxyl groups is 1. The first-order chi connectivity index (χ1) is 13.2. The van der Waals surface area contributed by atoms with Crippen LogP contribution in [-0.2, 0) is 0 Å². The van der Waals surface area contributed by atoms with Gasteiger partial charge in [0, 0.05) is 42.4 Å². The molecule has 2 aromatic heterocycles. The first kappa shape index (κ1) is 17.5. The van der Waals surface area contributed by atoms with Crippen LogP contribution in [0, 0.1) is 0 Å². The van der Waals surface area contributed by atoms with Crippen LogP contribution < -0.4 is 14.4 Å². The molecule has 1 saturated heterocycles. The molecule has 4 rings (SSSR count). The van der Waals surface area contributed by atoms with Gasteiger partial charge in [0.15, 0.2) is 11.5 Å². The summed E-state index contributed by atoms with van der Waals surface area (Å²) < 4.78 is 10.8. The molecule has 0 radical (unpaired) electrons. The maximum Gasteiger partial charge on any atom is 0.162 e. The second kappa shape index (κ2) is 7.36. The highest BCUT2D eigenvalue weighted by molar-refractivity contribution is 5.92. The molecule has 1 aromatic carbocycles. The second-order valence-electron chi connectivity index (χ2n) is 6.58. The quantitative estimate of drug-likeness (QED) is 0.759. The van der Waals surface area contributed by atoms with E-state index in [4.69, 9.17) is 9.47 Å². The number of ether oxygens (including phenoxy) is 2. The molecule has 1 aliphatic rings. The van der Waals surface area contributed by atoms with E-state index in [1.54, 1.807) is 26.7 Å². The fourth-order valence-corrected chi connectivity index (χ4v) is 3.64. The first-order valence-corrected chi connectivity index (χ1v) is 8.92. The summed E-state index contributed by atoms with van der Waals surface area (Å²) in [4.78, 5) is 15.5. The maximum absolute atomic E-state index is 10.5. The van der Waals surface area contributed by atoms with Crippen LogP contribution >= 0.6 is 0 Å². The number of methoxy groups -OCH3 is 2. The monoisotopic (exact) mass is 366 g/mol. The van der Waals surface area contributed by atoms with Crippen LogP contribution in [0.3, 0.4) is 0 Å². The maximum atomic E-state index is 10.5. The summed E-state index contributed by atoms with van der Waals surface area (Å²) in [5.74, 6) is 2.04. The predicted molar refractivity (Wildman–Crippen MR) is 102 cm³/mol. The van der Waals surface area contributed by atoms with Gasteiger partial charge in [-0.3, -0.25) is 4.98 Å². The molecule has 0 bridgehead atoms. The van der Waals surface area contributed by atoms with Crippen molar-refractivity contribution in [3.63, 3.8) is 0 Å². The number of benzene rings is 1. The summed E-state index contributed by atoms with van der Waals surface area (Å²) in [6.45, 7) is 1.35. The summed E-state index contributed by atoms with van der Waals surface area (Å²) in [7, 11) is 3.22. The average Bonchev–Trinajstić information content (AvgIpc) is 2.73. The molecule has 0 saturated carbocycles. The number of nitrogens with zero attached hydrogens (tertiary/aromatic N) is 4. The number of aliphatic hydroxyl groups excluding tert-OH is 1. The Morgan fingerprint density at radius 3 is 2.63 bits per heavy atom. The molecular formula is C20H22N4O3. The third-order valence-corrected chi connectivity index (χ3v) is 5.06. The largest absolute Gasteiger partial charge is 0.493 e. The van der Waals surface area contributed by atoms with Crippen molar-refractivity contribution in [1.29, 1.82) is 0 Å². The van der Waals surface area contributed by atoms with E-state index in [-0.39, 0.29) is 5.92 Å². The van der Waals surface area contributed by atoms with Gasteiger partial charge in [-0.05, 0) is 24.6 Å². The Morgan fingerprint density at radius 1 is 1.07 bits per heavy atom. The van der Waals surface area contributed by atoms with Crippen molar-refractivity contribution in [3.8, 4) is 11.5 Å². The van der Waals surface area contributed by atoms with Crippen LogP contribution in [-0.4, -0.2) is 53.5 Å². The zero-order valence-electron chi connectivity index (χ0n) is 15.4. The molecule has 140 valence electrons. The van der Waals surface area contributed by atoms with Crippen LogP contribution in [0.4, 0.5) is 5.82 Å². The SMILES string of the molecule is COc1cc2ncnc(N3CCC(O)C(c4ccccn4)C3)c2cc1OC. The molecule has 0 aliphatic carbocycles. The molecular weight excluding hydrogens is 344 g/mol. The highest BCUT2D eigenvalue weighted by Crippen LogP contribution is 2.36. The highest BCUT2D eigenvalue weighted by Gasteiger charge is 2.31. The van der Waals surface area contributed by atoms with E-state index in [9.17, 15) is 5.11 Å². The minimum Gasteiger partial charge on any atom is -0.493 e. The third kappa shape index (κ3) is 3.26. The molecule has 3 heterocycles. The smallest absolute Gasteiger partial charge is 0.162 e. The summed E-state index contributed by atoms with van der Waals surface area (Å²) in [5.41, 5.74) is 1.69. The van der Waals surface area contributed by atoms with Crippen LogP contribution in [0.1, 0.15) is 18.0 Å². The van der Waals surface area contributed by atoms with E-state index in [1.165, 1.54) is 0 Å². The van der Waals surface area contributed by atoms with Crippen molar-refractivity contribution in [1.82, 2.24) is 15.0 Å². The van der Waals surface area contributed by atoms with Gasteiger partial charge in [0.2, 0.25) is 0 Å². The summed E-state index contributed by atoms with van der Waals surface area (Å²) in [6.07, 6.45) is 3.56. The van der Waals surface area contributed by atoms with E-state index in [1.807, 2.05) is 30.3 Å². The molecule has 2 atom stereocenters. The van der Waals surface area contributed by atoms with Gasteiger partial charge < -0.3 is 19.5 Å². The Balaban J connectivity index is 1.73. The van der Waals surface area contributed by atoms with Gasteiger partial charge in [-0.25, -0.2) is 9.97 Å². The standard InChI is InChI=1S/C20H22N4O3/c1-26-18-9-13-16(10-19(18)27-2)22-12-23-20(13)24-8-6-17(25)14(11-24)15-5-3-4-7-21-15/h3-5,7,9-10,12,14,17,25H,6,8,11H2,1-2H3. The Morgan fingerprint density at radius 2 is 1.89 bits per heavy atom. The zero-order chi connectivity index (χ0) is 18.8.